The molecule has 1 aliphatic heterocycles. The Morgan fingerprint density at radius 2 is 0.838 bits per heavy atom. The molecule has 0 bridgehead atoms. The number of allylic oxidation sites excluding steroid dienone is 3. The van der Waals surface area contributed by atoms with Gasteiger partial charge in [-0.25, -0.2) is 0 Å². The second kappa shape index (κ2) is 49.3. The fourth-order valence-corrected chi connectivity index (χ4v) is 9.59. The van der Waals surface area contributed by atoms with Crippen LogP contribution in [0.5, 0.6) is 0 Å². The summed E-state index contributed by atoms with van der Waals surface area (Å²) in [5, 5.41) is 54.3. The van der Waals surface area contributed by atoms with Gasteiger partial charge in [-0.1, -0.05) is 276 Å². The van der Waals surface area contributed by atoms with Gasteiger partial charge in [0.2, 0.25) is 5.91 Å². The molecule has 0 aromatic rings. The molecule has 1 aliphatic rings. The van der Waals surface area contributed by atoms with Crippen LogP contribution in [0, 0.1) is 0 Å². The molecule has 402 valence electrons. The van der Waals surface area contributed by atoms with Crippen LogP contribution in [-0.2, 0) is 14.3 Å². The van der Waals surface area contributed by atoms with E-state index in [2.05, 4.69) is 31.3 Å². The van der Waals surface area contributed by atoms with Gasteiger partial charge in [-0.3, -0.25) is 4.79 Å². The van der Waals surface area contributed by atoms with Crippen LogP contribution in [0.1, 0.15) is 290 Å². The van der Waals surface area contributed by atoms with Crippen LogP contribution >= 0.6 is 0 Å². The number of aliphatic hydroxyl groups excluding tert-OH is 5. The lowest BCUT2D eigenvalue weighted by Gasteiger charge is -2.40. The third kappa shape index (κ3) is 38.4. The lowest BCUT2D eigenvalue weighted by Crippen LogP contribution is -2.60. The number of aliphatic hydroxyl groups is 5. The molecule has 7 atom stereocenters. The van der Waals surface area contributed by atoms with Gasteiger partial charge < -0.3 is 40.3 Å². The third-order valence-corrected chi connectivity index (χ3v) is 14.3. The van der Waals surface area contributed by atoms with Crippen LogP contribution in [0.25, 0.3) is 0 Å². The number of hydrogen-bond acceptors (Lipinski definition) is 8. The van der Waals surface area contributed by atoms with Gasteiger partial charge in [-0.15, -0.1) is 0 Å². The molecular formula is C59H113NO8. The molecule has 68 heavy (non-hydrogen) atoms. The maximum Gasteiger partial charge on any atom is 0.220 e. The molecule has 9 heteroatoms. The van der Waals surface area contributed by atoms with Crippen molar-refractivity contribution in [2.45, 2.75) is 333 Å². The summed E-state index contributed by atoms with van der Waals surface area (Å²) in [5.74, 6) is -0.182. The highest BCUT2D eigenvalue weighted by atomic mass is 16.7. The number of carbonyl (C=O) groups is 1. The van der Waals surface area contributed by atoms with Gasteiger partial charge in [0.15, 0.2) is 6.29 Å². The van der Waals surface area contributed by atoms with Crippen molar-refractivity contribution in [3.63, 3.8) is 0 Å². The Balaban J connectivity index is 2.08. The average molecular weight is 965 g/mol. The van der Waals surface area contributed by atoms with E-state index in [0.29, 0.717) is 6.42 Å². The smallest absolute Gasteiger partial charge is 0.220 e. The second-order valence-corrected chi connectivity index (χ2v) is 20.8. The van der Waals surface area contributed by atoms with Gasteiger partial charge in [0.25, 0.3) is 0 Å². The largest absolute Gasteiger partial charge is 0.394 e. The highest BCUT2D eigenvalue weighted by Gasteiger charge is 2.44. The SMILES string of the molecule is CCCCCCCC/C=C/CC/C=C/C(O)C(COC1OC(CO)C(O)C(O)C1O)NC(=O)CCCCCCCCCCCCCCCCCCCCCCCCCCCCCCCCCCC. The molecule has 0 saturated carbocycles. The van der Waals surface area contributed by atoms with E-state index in [4.69, 9.17) is 9.47 Å². The lowest BCUT2D eigenvalue weighted by atomic mass is 9.99. The molecule has 0 aromatic carbocycles. The van der Waals surface area contributed by atoms with Crippen molar-refractivity contribution in [1.82, 2.24) is 5.32 Å². The van der Waals surface area contributed by atoms with E-state index in [1.54, 1.807) is 6.08 Å². The van der Waals surface area contributed by atoms with Gasteiger partial charge in [0, 0.05) is 6.42 Å². The summed E-state index contributed by atoms with van der Waals surface area (Å²) in [5.41, 5.74) is 0. The molecule has 9 nitrogen and oxygen atoms in total. The van der Waals surface area contributed by atoms with E-state index in [1.165, 1.54) is 231 Å². The maximum absolute atomic E-state index is 13.0. The topological polar surface area (TPSA) is 149 Å². The maximum atomic E-state index is 13.0. The van der Waals surface area contributed by atoms with Gasteiger partial charge in [-0.05, 0) is 32.1 Å². The summed E-state index contributed by atoms with van der Waals surface area (Å²) in [7, 11) is 0. The number of unbranched alkanes of at least 4 members (excludes halogenated alkanes) is 39. The van der Waals surface area contributed by atoms with E-state index in [1.807, 2.05) is 6.08 Å². The Kier molecular flexibility index (Phi) is 46.9. The van der Waals surface area contributed by atoms with Crippen molar-refractivity contribution in [3.05, 3.63) is 24.3 Å². The first-order valence-electron chi connectivity index (χ1n) is 29.6. The first kappa shape index (κ1) is 64.7. The van der Waals surface area contributed by atoms with Crippen LogP contribution in [0.4, 0.5) is 0 Å². The molecule has 1 fully saturated rings. The summed E-state index contributed by atoms with van der Waals surface area (Å²) < 4.78 is 11.2. The Labute approximate surface area is 419 Å². The van der Waals surface area contributed by atoms with Crippen LogP contribution in [0.2, 0.25) is 0 Å². The number of nitrogens with one attached hydrogen (secondary N) is 1. The van der Waals surface area contributed by atoms with Gasteiger partial charge in [0.1, 0.15) is 24.4 Å². The normalized spacial score (nSPS) is 19.7. The molecule has 1 saturated heterocycles. The second-order valence-electron chi connectivity index (χ2n) is 20.8. The average Bonchev–Trinajstić information content (AvgIpc) is 3.34. The summed E-state index contributed by atoms with van der Waals surface area (Å²) >= 11 is 0. The number of ether oxygens (including phenoxy) is 2. The zero-order valence-corrected chi connectivity index (χ0v) is 44.6. The van der Waals surface area contributed by atoms with Crippen molar-refractivity contribution in [1.29, 1.82) is 0 Å². The van der Waals surface area contributed by atoms with E-state index < -0.39 is 49.5 Å². The Bertz CT molecular complexity index is 1120. The van der Waals surface area contributed by atoms with Gasteiger partial charge in [-0.2, -0.15) is 0 Å². The number of rotatable bonds is 51. The predicted octanol–water partition coefficient (Wildman–Crippen LogP) is 14.6. The predicted molar refractivity (Wildman–Crippen MR) is 286 cm³/mol. The van der Waals surface area contributed by atoms with E-state index in [0.717, 1.165) is 38.5 Å². The molecular weight excluding hydrogens is 851 g/mol. The Morgan fingerprint density at radius 1 is 0.485 bits per heavy atom. The van der Waals surface area contributed by atoms with E-state index in [9.17, 15) is 30.3 Å². The fraction of sp³-hybridized carbons (Fsp3) is 0.915. The summed E-state index contributed by atoms with van der Waals surface area (Å²) in [6.07, 6.45) is 55.7. The highest BCUT2D eigenvalue weighted by Crippen LogP contribution is 2.23. The lowest BCUT2D eigenvalue weighted by molar-refractivity contribution is -0.302. The Hall–Kier alpha value is -1.33. The molecule has 0 aromatic heterocycles. The van der Waals surface area contributed by atoms with Crippen LogP contribution in [-0.4, -0.2) is 87.5 Å². The van der Waals surface area contributed by atoms with Crippen molar-refractivity contribution in [2.24, 2.45) is 0 Å². The monoisotopic (exact) mass is 964 g/mol. The molecule has 1 amide bonds. The third-order valence-electron chi connectivity index (χ3n) is 14.3. The van der Waals surface area contributed by atoms with Crippen molar-refractivity contribution < 1.29 is 39.8 Å². The quantitative estimate of drug-likeness (QED) is 0.0261. The molecule has 1 heterocycles. The first-order valence-corrected chi connectivity index (χ1v) is 29.6. The molecule has 0 radical (unpaired) electrons. The van der Waals surface area contributed by atoms with E-state index in [-0.39, 0.29) is 12.5 Å². The van der Waals surface area contributed by atoms with E-state index >= 15 is 0 Å². The minimum absolute atomic E-state index is 0.182. The minimum Gasteiger partial charge on any atom is -0.394 e. The van der Waals surface area contributed by atoms with Crippen LogP contribution in [0.3, 0.4) is 0 Å². The van der Waals surface area contributed by atoms with Gasteiger partial charge >= 0.3 is 0 Å². The summed E-state index contributed by atoms with van der Waals surface area (Å²) in [4.78, 5) is 13.0. The fourth-order valence-electron chi connectivity index (χ4n) is 9.59. The zero-order valence-electron chi connectivity index (χ0n) is 44.6. The molecule has 0 spiro atoms. The van der Waals surface area contributed by atoms with Crippen molar-refractivity contribution in [2.75, 3.05) is 13.2 Å². The molecule has 6 N–H and O–H groups in total. The van der Waals surface area contributed by atoms with Gasteiger partial charge in [0.05, 0.1) is 25.4 Å². The number of amides is 1. The number of hydrogen-bond donors (Lipinski definition) is 6. The number of carbonyl (C=O) groups excluding carboxylic acids is 1. The van der Waals surface area contributed by atoms with Crippen LogP contribution in [0.15, 0.2) is 24.3 Å². The van der Waals surface area contributed by atoms with Crippen LogP contribution < -0.4 is 5.32 Å². The summed E-state index contributed by atoms with van der Waals surface area (Å²) in [6.45, 7) is 3.77. The summed E-state index contributed by atoms with van der Waals surface area (Å²) in [6, 6.07) is -0.817. The van der Waals surface area contributed by atoms with Crippen molar-refractivity contribution >= 4 is 5.91 Å². The first-order chi connectivity index (χ1) is 33.3. The molecule has 0 aliphatic carbocycles. The molecule has 1 rings (SSSR count). The standard InChI is InChI=1S/C59H113NO8/c1-3-5-7-9-11-13-15-17-18-19-20-21-22-23-24-25-26-27-28-29-30-31-32-33-34-35-36-37-39-41-43-45-47-49-55(63)60-52(51-67-59-58(66)57(65)56(64)54(50-61)68-59)53(62)48-46-44-42-40-38-16-14-12-10-8-6-4-2/h38,40,46,48,52-54,56-59,61-62,64-66H,3-37,39,41-45,47,49-51H2,1-2H3,(H,60,63)/b40-38+,48-46+. The highest BCUT2D eigenvalue weighted by molar-refractivity contribution is 5.76. The zero-order chi connectivity index (χ0) is 49.4. The molecule has 7 unspecified atom stereocenters. The Morgan fingerprint density at radius 3 is 1.24 bits per heavy atom. The van der Waals surface area contributed by atoms with Crippen molar-refractivity contribution in [3.8, 4) is 0 Å². The minimum atomic E-state index is -1.57.